The number of hydrogen-bond donors (Lipinski definition) is 0. The van der Waals surface area contributed by atoms with Crippen LogP contribution in [0.25, 0.3) is 0 Å². The van der Waals surface area contributed by atoms with Crippen LogP contribution in [0.1, 0.15) is 137 Å². The quantitative estimate of drug-likeness (QED) is 0.361. The molecule has 0 aromatic heterocycles. The monoisotopic (exact) mass is 530 g/mol. The summed E-state index contributed by atoms with van der Waals surface area (Å²) in [5.41, 5.74) is 6.53. The molecule has 0 spiro atoms. The standard InChI is InChI=1S/C34H58N2.ClH/c1-10-11-14-35-15-17-36(18-16-35)30-13-12-26(27-20-31(2,3)24-32(4,5)21-27)19-29(30)28-22-33(6,7)25-34(8,9)23-28;/h12-13,19,27-28H,10-11,14-18,20-25H2,1-9H3;1H. The van der Waals surface area contributed by atoms with Gasteiger partial charge in [-0.15, -0.1) is 12.4 Å². The fourth-order valence-electron chi connectivity index (χ4n) is 9.18. The highest BCUT2D eigenvalue weighted by Crippen LogP contribution is 2.55. The van der Waals surface area contributed by atoms with Gasteiger partial charge in [-0.25, -0.2) is 0 Å². The predicted molar refractivity (Wildman–Crippen MR) is 166 cm³/mol. The van der Waals surface area contributed by atoms with Gasteiger partial charge in [-0.05, 0) is 102 Å². The summed E-state index contributed by atoms with van der Waals surface area (Å²) in [6.45, 7) is 28.4. The molecule has 1 saturated heterocycles. The van der Waals surface area contributed by atoms with Crippen LogP contribution in [0.4, 0.5) is 5.69 Å². The number of halogens is 1. The Morgan fingerprint density at radius 2 is 1.19 bits per heavy atom. The van der Waals surface area contributed by atoms with E-state index in [-0.39, 0.29) is 12.4 Å². The summed E-state index contributed by atoms with van der Waals surface area (Å²) in [5, 5.41) is 0. The number of nitrogens with zero attached hydrogens (tertiary/aromatic N) is 2. The molecule has 1 aromatic carbocycles. The Morgan fingerprint density at radius 3 is 1.68 bits per heavy atom. The van der Waals surface area contributed by atoms with Gasteiger partial charge in [-0.2, -0.15) is 0 Å². The molecule has 2 nitrogen and oxygen atoms in total. The van der Waals surface area contributed by atoms with Crippen molar-refractivity contribution in [2.75, 3.05) is 37.6 Å². The van der Waals surface area contributed by atoms with Crippen LogP contribution in [0.2, 0.25) is 0 Å². The Bertz CT molecular complexity index is 859. The molecular weight excluding hydrogens is 472 g/mol. The molecule has 2 saturated carbocycles. The molecule has 0 radical (unpaired) electrons. The molecule has 3 fully saturated rings. The second-order valence-corrected chi connectivity index (χ2v) is 16.2. The molecule has 0 bridgehead atoms. The molecule has 2 aliphatic carbocycles. The van der Waals surface area contributed by atoms with Gasteiger partial charge < -0.3 is 4.90 Å². The van der Waals surface area contributed by atoms with E-state index < -0.39 is 0 Å². The van der Waals surface area contributed by atoms with Gasteiger partial charge in [-0.1, -0.05) is 80.9 Å². The van der Waals surface area contributed by atoms with Crippen molar-refractivity contribution in [1.29, 1.82) is 0 Å². The highest BCUT2D eigenvalue weighted by atomic mass is 35.5. The van der Waals surface area contributed by atoms with Gasteiger partial charge in [-0.3, -0.25) is 4.90 Å². The molecular formula is C34H59ClN2. The topological polar surface area (TPSA) is 6.48 Å². The summed E-state index contributed by atoms with van der Waals surface area (Å²) in [5.74, 6) is 1.36. The number of piperazine rings is 1. The smallest absolute Gasteiger partial charge is 0.0402 e. The van der Waals surface area contributed by atoms with Crippen molar-refractivity contribution in [1.82, 2.24) is 4.90 Å². The van der Waals surface area contributed by atoms with Gasteiger partial charge in [0.1, 0.15) is 0 Å². The largest absolute Gasteiger partial charge is 0.369 e. The lowest BCUT2D eigenvalue weighted by Crippen LogP contribution is -2.47. The Morgan fingerprint density at radius 1 is 0.703 bits per heavy atom. The maximum Gasteiger partial charge on any atom is 0.0402 e. The minimum Gasteiger partial charge on any atom is -0.369 e. The zero-order valence-corrected chi connectivity index (χ0v) is 26.7. The fourth-order valence-corrected chi connectivity index (χ4v) is 9.18. The SMILES string of the molecule is CCCCN1CCN(c2ccc(C3CC(C)(C)CC(C)(C)C3)cc2C2CC(C)(C)CC(C)(C)C2)CC1.Cl. The first-order valence-electron chi connectivity index (χ1n) is 15.3. The molecule has 0 N–H and O–H groups in total. The van der Waals surface area contributed by atoms with Crippen molar-refractivity contribution in [3.8, 4) is 0 Å². The van der Waals surface area contributed by atoms with Crippen LogP contribution in [0, 0.1) is 21.7 Å². The van der Waals surface area contributed by atoms with Crippen molar-refractivity contribution < 1.29 is 0 Å². The minimum atomic E-state index is 0. The summed E-state index contributed by atoms with van der Waals surface area (Å²) in [6, 6.07) is 7.79. The van der Waals surface area contributed by atoms with Crippen molar-refractivity contribution >= 4 is 18.1 Å². The molecule has 1 aromatic rings. The highest BCUT2D eigenvalue weighted by molar-refractivity contribution is 5.85. The third kappa shape index (κ3) is 7.91. The average molecular weight is 531 g/mol. The summed E-state index contributed by atoms with van der Waals surface area (Å²) in [4.78, 5) is 5.43. The van der Waals surface area contributed by atoms with E-state index in [0.29, 0.717) is 33.5 Å². The zero-order valence-electron chi connectivity index (χ0n) is 25.9. The predicted octanol–water partition coefficient (Wildman–Crippen LogP) is 9.67. The number of hydrogen-bond acceptors (Lipinski definition) is 2. The maximum absolute atomic E-state index is 2.74. The van der Waals surface area contributed by atoms with Gasteiger partial charge in [0, 0.05) is 31.9 Å². The highest BCUT2D eigenvalue weighted by Gasteiger charge is 2.42. The molecule has 0 unspecified atom stereocenters. The average Bonchev–Trinajstić information content (AvgIpc) is 2.73. The van der Waals surface area contributed by atoms with E-state index in [2.05, 4.69) is 90.3 Å². The molecule has 0 amide bonds. The van der Waals surface area contributed by atoms with E-state index in [1.165, 1.54) is 84.1 Å². The third-order valence-electron chi connectivity index (χ3n) is 9.61. The van der Waals surface area contributed by atoms with Gasteiger partial charge in [0.05, 0.1) is 0 Å². The molecule has 1 aliphatic heterocycles. The molecule has 37 heavy (non-hydrogen) atoms. The van der Waals surface area contributed by atoms with Gasteiger partial charge >= 0.3 is 0 Å². The van der Waals surface area contributed by atoms with E-state index in [1.54, 1.807) is 16.8 Å². The van der Waals surface area contributed by atoms with Gasteiger partial charge in [0.2, 0.25) is 0 Å². The Hall–Kier alpha value is -0.730. The third-order valence-corrected chi connectivity index (χ3v) is 9.61. The first kappa shape index (κ1) is 30.8. The van der Waals surface area contributed by atoms with Crippen LogP contribution in [0.15, 0.2) is 18.2 Å². The first-order valence-corrected chi connectivity index (χ1v) is 15.3. The van der Waals surface area contributed by atoms with E-state index in [4.69, 9.17) is 0 Å². The summed E-state index contributed by atoms with van der Waals surface area (Å²) in [6.07, 6.45) is 10.6. The Kier molecular flexibility index (Phi) is 9.49. The normalized spacial score (nSPS) is 26.0. The molecule has 0 atom stereocenters. The molecule has 1 heterocycles. The summed E-state index contributed by atoms with van der Waals surface area (Å²) < 4.78 is 0. The zero-order chi connectivity index (χ0) is 26.4. The van der Waals surface area contributed by atoms with E-state index >= 15 is 0 Å². The second kappa shape index (κ2) is 11.4. The number of anilines is 1. The van der Waals surface area contributed by atoms with Crippen molar-refractivity contribution in [3.63, 3.8) is 0 Å². The number of rotatable bonds is 6. The Labute approximate surface area is 236 Å². The fraction of sp³-hybridized carbons (Fsp3) is 0.824. The molecule has 3 aliphatic rings. The van der Waals surface area contributed by atoms with Crippen molar-refractivity contribution in [2.24, 2.45) is 21.7 Å². The van der Waals surface area contributed by atoms with Crippen LogP contribution < -0.4 is 4.90 Å². The van der Waals surface area contributed by atoms with E-state index in [9.17, 15) is 0 Å². The molecule has 4 rings (SSSR count). The first-order chi connectivity index (χ1) is 16.7. The van der Waals surface area contributed by atoms with Crippen LogP contribution in [0.3, 0.4) is 0 Å². The minimum absolute atomic E-state index is 0. The summed E-state index contributed by atoms with van der Waals surface area (Å²) >= 11 is 0. The van der Waals surface area contributed by atoms with Crippen LogP contribution in [0.5, 0.6) is 0 Å². The van der Waals surface area contributed by atoms with E-state index in [0.717, 1.165) is 0 Å². The van der Waals surface area contributed by atoms with Crippen LogP contribution >= 0.6 is 12.4 Å². The maximum atomic E-state index is 2.74. The molecule has 3 heteroatoms. The van der Waals surface area contributed by atoms with E-state index in [1.807, 2.05) is 0 Å². The summed E-state index contributed by atoms with van der Waals surface area (Å²) in [7, 11) is 0. The van der Waals surface area contributed by atoms with Crippen molar-refractivity contribution in [2.45, 2.75) is 126 Å². The lowest BCUT2D eigenvalue weighted by atomic mass is 9.59. The lowest BCUT2D eigenvalue weighted by Gasteiger charge is -2.47. The molecule has 212 valence electrons. The Balaban J connectivity index is 0.00000380. The van der Waals surface area contributed by atoms with Crippen molar-refractivity contribution in [3.05, 3.63) is 29.3 Å². The second-order valence-electron chi connectivity index (χ2n) is 16.2. The lowest BCUT2D eigenvalue weighted by molar-refractivity contribution is 0.0952. The van der Waals surface area contributed by atoms with Gasteiger partial charge in [0.25, 0.3) is 0 Å². The van der Waals surface area contributed by atoms with Crippen LogP contribution in [-0.2, 0) is 0 Å². The van der Waals surface area contributed by atoms with Gasteiger partial charge in [0.15, 0.2) is 0 Å². The number of unbranched alkanes of at least 4 members (excludes halogenated alkanes) is 1. The van der Waals surface area contributed by atoms with Crippen LogP contribution in [-0.4, -0.2) is 37.6 Å². The number of benzene rings is 1.